The van der Waals surface area contributed by atoms with Crippen molar-refractivity contribution in [3.63, 3.8) is 0 Å². The number of hydrogen-bond acceptors (Lipinski definition) is 11. The van der Waals surface area contributed by atoms with E-state index >= 15 is 0 Å². The standard InChI is InChI=1S/C26H24ClN7O5S2/c1-14(12-27)22(25(37)39-13-15-7-9-16(38-2)10-8-15)34-23(36)21(29-20(35)11-19-30-32-33-31-19)24(34)41-26-28-17-5-3-4-6-18(17)40-26/h3-10,21-22,24H,1,11-13H2,2H3,(H,29,35)(H,30,31,32,33). The summed E-state index contributed by atoms with van der Waals surface area (Å²) in [6, 6.07) is 12.6. The van der Waals surface area contributed by atoms with Crippen LogP contribution in [0.2, 0.25) is 0 Å². The Morgan fingerprint density at radius 2 is 2.02 bits per heavy atom. The Hall–Kier alpha value is -4.01. The summed E-state index contributed by atoms with van der Waals surface area (Å²) >= 11 is 8.81. The highest BCUT2D eigenvalue weighted by Gasteiger charge is 2.54. The van der Waals surface area contributed by atoms with Crippen LogP contribution in [0.15, 0.2) is 65.0 Å². The molecule has 4 aromatic rings. The van der Waals surface area contributed by atoms with Gasteiger partial charge in [-0.2, -0.15) is 5.21 Å². The van der Waals surface area contributed by atoms with Crippen LogP contribution in [0.5, 0.6) is 5.75 Å². The molecule has 0 aliphatic carbocycles. The van der Waals surface area contributed by atoms with E-state index in [1.165, 1.54) is 28.0 Å². The quantitative estimate of drug-likeness (QED) is 0.106. The number of ether oxygens (including phenoxy) is 2. The maximum Gasteiger partial charge on any atom is 0.333 e. The van der Waals surface area contributed by atoms with Crippen LogP contribution in [0.3, 0.4) is 0 Å². The van der Waals surface area contributed by atoms with Gasteiger partial charge in [-0.1, -0.05) is 47.8 Å². The van der Waals surface area contributed by atoms with Crippen molar-refractivity contribution in [2.75, 3.05) is 13.0 Å². The third-order valence-corrected chi connectivity index (χ3v) is 8.95. The minimum absolute atomic E-state index is 0.0303. The molecule has 2 N–H and O–H groups in total. The van der Waals surface area contributed by atoms with Gasteiger partial charge < -0.3 is 19.7 Å². The van der Waals surface area contributed by atoms with Crippen LogP contribution in [0.25, 0.3) is 10.2 Å². The molecule has 41 heavy (non-hydrogen) atoms. The van der Waals surface area contributed by atoms with E-state index in [1.807, 2.05) is 24.3 Å². The summed E-state index contributed by atoms with van der Waals surface area (Å²) in [5.74, 6) is -0.888. The first-order chi connectivity index (χ1) is 19.9. The minimum atomic E-state index is -1.17. The number of aromatic nitrogens is 5. The van der Waals surface area contributed by atoms with E-state index in [-0.39, 0.29) is 30.3 Å². The molecule has 0 bridgehead atoms. The summed E-state index contributed by atoms with van der Waals surface area (Å²) in [6.45, 7) is 3.91. The molecule has 12 nitrogen and oxygen atoms in total. The number of carbonyl (C=O) groups excluding carboxylic acids is 3. The SMILES string of the molecule is C=C(CCl)C(C(=O)OCc1ccc(OC)cc1)N1C(=O)C(NC(=O)Cc2nn[nH]n2)C1Sc1nc2ccccc2s1. The smallest absolute Gasteiger partial charge is 0.333 e. The molecule has 2 aromatic carbocycles. The van der Waals surface area contributed by atoms with Gasteiger partial charge in [0.05, 0.1) is 23.7 Å². The highest BCUT2D eigenvalue weighted by molar-refractivity contribution is 8.01. The molecule has 2 aromatic heterocycles. The van der Waals surface area contributed by atoms with Crippen molar-refractivity contribution in [2.45, 2.75) is 34.8 Å². The number of β-lactam (4-membered cyclic amide) rings is 1. The Balaban J connectivity index is 1.37. The number of alkyl halides is 1. The number of H-pyrrole nitrogens is 1. The van der Waals surface area contributed by atoms with Crippen LogP contribution < -0.4 is 10.1 Å². The van der Waals surface area contributed by atoms with Crippen LogP contribution in [0.1, 0.15) is 11.4 Å². The number of thiazole rings is 1. The zero-order valence-electron chi connectivity index (χ0n) is 21.7. The largest absolute Gasteiger partial charge is 0.497 e. The average Bonchev–Trinajstić information content (AvgIpc) is 3.66. The first-order valence-corrected chi connectivity index (χ1v) is 14.5. The fourth-order valence-electron chi connectivity index (χ4n) is 4.15. The van der Waals surface area contributed by atoms with Crippen LogP contribution in [-0.4, -0.2) is 78.7 Å². The van der Waals surface area contributed by atoms with E-state index in [2.05, 4.69) is 37.5 Å². The number of likely N-dealkylation sites (tertiary alicyclic amines) is 1. The number of nitrogens with zero attached hydrogens (tertiary/aromatic N) is 5. The maximum absolute atomic E-state index is 13.5. The van der Waals surface area contributed by atoms with E-state index < -0.39 is 35.2 Å². The first-order valence-electron chi connectivity index (χ1n) is 12.3. The fraction of sp³-hybridized carbons (Fsp3) is 0.269. The van der Waals surface area contributed by atoms with Gasteiger partial charge in [0, 0.05) is 5.88 Å². The molecule has 1 aliphatic rings. The summed E-state index contributed by atoms with van der Waals surface area (Å²) in [5, 5.41) is 15.3. The Bertz CT molecular complexity index is 1530. The number of hydrogen-bond donors (Lipinski definition) is 2. The lowest BCUT2D eigenvalue weighted by Gasteiger charge is -2.49. The van der Waals surface area contributed by atoms with E-state index in [0.717, 1.165) is 15.8 Å². The molecular weight excluding hydrogens is 590 g/mol. The van der Waals surface area contributed by atoms with E-state index in [9.17, 15) is 14.4 Å². The summed E-state index contributed by atoms with van der Waals surface area (Å²) in [6.07, 6.45) is -0.180. The maximum atomic E-state index is 13.5. The lowest BCUT2D eigenvalue weighted by Crippen LogP contribution is -2.73. The molecule has 212 valence electrons. The third kappa shape index (κ3) is 6.34. The van der Waals surface area contributed by atoms with Gasteiger partial charge >= 0.3 is 5.97 Å². The van der Waals surface area contributed by atoms with Crippen molar-refractivity contribution in [1.29, 1.82) is 0 Å². The van der Waals surface area contributed by atoms with Gasteiger partial charge in [0.1, 0.15) is 23.8 Å². The van der Waals surface area contributed by atoms with Gasteiger partial charge in [0.2, 0.25) is 11.8 Å². The number of esters is 1. The van der Waals surface area contributed by atoms with Crippen molar-refractivity contribution < 1.29 is 23.9 Å². The second-order valence-electron chi connectivity index (χ2n) is 8.90. The number of nitrogens with one attached hydrogen (secondary N) is 2. The number of aromatic amines is 1. The molecule has 1 fully saturated rings. The number of thioether (sulfide) groups is 1. The average molecular weight is 614 g/mol. The predicted molar refractivity (Wildman–Crippen MR) is 152 cm³/mol. The molecule has 3 unspecified atom stereocenters. The minimum Gasteiger partial charge on any atom is -0.497 e. The lowest BCUT2D eigenvalue weighted by atomic mass is 9.99. The van der Waals surface area contributed by atoms with Crippen molar-refractivity contribution in [1.82, 2.24) is 35.8 Å². The Morgan fingerprint density at radius 1 is 1.24 bits per heavy atom. The highest BCUT2D eigenvalue weighted by atomic mass is 35.5. The number of tetrazole rings is 1. The van der Waals surface area contributed by atoms with Crippen molar-refractivity contribution in [2.24, 2.45) is 0 Å². The third-order valence-electron chi connectivity index (χ3n) is 6.20. The zero-order valence-corrected chi connectivity index (χ0v) is 24.0. The molecule has 1 saturated heterocycles. The van der Waals surface area contributed by atoms with Crippen LogP contribution in [-0.2, 0) is 32.1 Å². The number of benzene rings is 2. The Kier molecular flexibility index (Phi) is 8.81. The van der Waals surface area contributed by atoms with Gasteiger partial charge in [0.25, 0.3) is 0 Å². The summed E-state index contributed by atoms with van der Waals surface area (Å²) < 4.78 is 12.4. The predicted octanol–water partition coefficient (Wildman–Crippen LogP) is 2.71. The number of carbonyl (C=O) groups is 3. The molecule has 1 aliphatic heterocycles. The molecular formula is C26H24ClN7O5S2. The molecule has 0 spiro atoms. The second-order valence-corrected chi connectivity index (χ2v) is 11.6. The number of fused-ring (bicyclic) bond motifs is 1. The molecule has 5 rings (SSSR count). The molecule has 0 radical (unpaired) electrons. The van der Waals surface area contributed by atoms with Crippen molar-refractivity contribution in [3.8, 4) is 5.75 Å². The van der Waals surface area contributed by atoms with E-state index in [4.69, 9.17) is 21.1 Å². The van der Waals surface area contributed by atoms with Gasteiger partial charge in [0.15, 0.2) is 16.2 Å². The summed E-state index contributed by atoms with van der Waals surface area (Å²) in [4.78, 5) is 45.6. The monoisotopic (exact) mass is 613 g/mol. The van der Waals surface area contributed by atoms with Crippen LogP contribution in [0, 0.1) is 0 Å². The van der Waals surface area contributed by atoms with Crippen molar-refractivity contribution in [3.05, 3.63) is 72.1 Å². The number of rotatable bonds is 12. The number of amides is 2. The van der Waals surface area contributed by atoms with E-state index in [1.54, 1.807) is 31.4 Å². The van der Waals surface area contributed by atoms with Gasteiger partial charge in [-0.3, -0.25) is 9.59 Å². The van der Waals surface area contributed by atoms with Gasteiger partial charge in [-0.15, -0.1) is 33.1 Å². The Labute approximate surface area is 247 Å². The molecule has 2 amide bonds. The summed E-state index contributed by atoms with van der Waals surface area (Å²) in [7, 11) is 1.56. The number of halogens is 1. The first kappa shape index (κ1) is 28.5. The molecule has 3 atom stereocenters. The zero-order chi connectivity index (χ0) is 28.9. The highest BCUT2D eigenvalue weighted by Crippen LogP contribution is 2.41. The Morgan fingerprint density at radius 3 is 2.71 bits per heavy atom. The van der Waals surface area contributed by atoms with Crippen LogP contribution >= 0.6 is 34.7 Å². The topological polar surface area (TPSA) is 152 Å². The molecule has 3 heterocycles. The van der Waals surface area contributed by atoms with E-state index in [0.29, 0.717) is 10.1 Å². The van der Waals surface area contributed by atoms with Crippen molar-refractivity contribution >= 4 is 62.7 Å². The van der Waals surface area contributed by atoms with Gasteiger partial charge in [-0.05, 0) is 35.4 Å². The second kappa shape index (κ2) is 12.7. The normalized spacial score (nSPS) is 17.1. The number of para-hydroxylation sites is 1. The fourth-order valence-corrected chi connectivity index (χ4v) is 6.77. The van der Waals surface area contributed by atoms with Gasteiger partial charge in [-0.25, -0.2) is 9.78 Å². The van der Waals surface area contributed by atoms with Crippen LogP contribution in [0.4, 0.5) is 0 Å². The molecule has 0 saturated carbocycles. The lowest BCUT2D eigenvalue weighted by molar-refractivity contribution is -0.163. The summed E-state index contributed by atoms with van der Waals surface area (Å²) in [5.41, 5.74) is 1.82. The number of methoxy groups -OCH3 is 1. The molecule has 15 heteroatoms.